The van der Waals surface area contributed by atoms with E-state index in [0.29, 0.717) is 12.8 Å². The standard InChI is InChI=1S/C51H82O15P2/c1-3-5-7-9-11-13-15-17-19-20-21-22-23-24-26-28-30-32-34-36-38-40-51(56)62-42-48(53)44-64-68(59,60)66-46-49(54)45-65-67(57,58)63-43-47(52)41-61-50(55)39-37-35-33-31-29-27-25-18-16-14-12-10-8-6-4-2/h5-8,10-14,16-19,21-22,24-27,29,47-49,52-54H,3-4,9,15,20,23,28,30-46H2,1-2H3,(H,57,58)(H,59,60)/b7-5-,8-6+,12-10+,13-11-,16-14-,19-17-,22-21-,25-18-,26-24-,29-27+. The number of phosphoric ester groups is 2. The zero-order chi connectivity index (χ0) is 50.2. The number of rotatable bonds is 44. The smallest absolute Gasteiger partial charge is 0.463 e. The summed E-state index contributed by atoms with van der Waals surface area (Å²) in [6.45, 7) is 0.0443. The lowest BCUT2D eigenvalue weighted by atomic mass is 10.1. The molecule has 0 heterocycles. The van der Waals surface area contributed by atoms with Gasteiger partial charge in [-0.1, -0.05) is 161 Å². The minimum Gasteiger partial charge on any atom is -0.463 e. The fourth-order valence-corrected chi connectivity index (χ4v) is 6.97. The fourth-order valence-electron chi connectivity index (χ4n) is 5.38. The maximum absolute atomic E-state index is 12.2. The average Bonchev–Trinajstić information content (AvgIpc) is 3.31. The Balaban J connectivity index is 3.97. The number of aliphatic hydroxyl groups is 3. The molecule has 15 nitrogen and oxygen atoms in total. The molecule has 68 heavy (non-hydrogen) atoms. The molecule has 0 aromatic carbocycles. The van der Waals surface area contributed by atoms with E-state index in [-0.39, 0.29) is 12.8 Å². The number of esters is 2. The predicted molar refractivity (Wildman–Crippen MR) is 269 cm³/mol. The molecule has 0 radical (unpaired) electrons. The first-order chi connectivity index (χ1) is 32.8. The SMILES string of the molecule is CC/C=C\C/C=C\C/C=C\C/C=C\C/C=C\CCCCCCCC(=O)OCC(O)COP(=O)(O)OCC(O)COP(=O)(O)OCC(O)COC(=O)CCCCC/C=C/C=C\C=C/C=C/C=C/CC. The van der Waals surface area contributed by atoms with Crippen LogP contribution in [-0.4, -0.2) is 95.0 Å². The maximum Gasteiger partial charge on any atom is 0.472 e. The summed E-state index contributed by atoms with van der Waals surface area (Å²) >= 11 is 0. The Morgan fingerprint density at radius 2 is 0.706 bits per heavy atom. The lowest BCUT2D eigenvalue weighted by Gasteiger charge is -2.19. The molecular formula is C51H82O15P2. The normalized spacial score (nSPS) is 16.0. The number of ether oxygens (including phenoxy) is 2. The van der Waals surface area contributed by atoms with E-state index < -0.39 is 85.5 Å². The second-order valence-corrected chi connectivity index (χ2v) is 18.4. The first-order valence-electron chi connectivity index (χ1n) is 24.0. The first-order valence-corrected chi connectivity index (χ1v) is 26.9. The van der Waals surface area contributed by atoms with Crippen LogP contribution in [0.15, 0.2) is 122 Å². The molecule has 0 rings (SSSR count). The van der Waals surface area contributed by atoms with Gasteiger partial charge in [-0.3, -0.25) is 27.7 Å². The molecule has 0 bridgehead atoms. The van der Waals surface area contributed by atoms with Gasteiger partial charge in [0.15, 0.2) is 0 Å². The predicted octanol–water partition coefficient (Wildman–Crippen LogP) is 11.0. The van der Waals surface area contributed by atoms with Gasteiger partial charge in [0.2, 0.25) is 0 Å². The van der Waals surface area contributed by atoms with Crippen molar-refractivity contribution in [2.24, 2.45) is 0 Å². The minimum atomic E-state index is -4.80. The highest BCUT2D eigenvalue weighted by molar-refractivity contribution is 7.47. The monoisotopic (exact) mass is 997 g/mol. The van der Waals surface area contributed by atoms with Crippen molar-refractivity contribution < 1.29 is 71.4 Å². The Morgan fingerprint density at radius 1 is 0.397 bits per heavy atom. The number of phosphoric acid groups is 2. The van der Waals surface area contributed by atoms with Crippen LogP contribution in [0.1, 0.15) is 129 Å². The highest BCUT2D eigenvalue weighted by Gasteiger charge is 2.28. The van der Waals surface area contributed by atoms with Gasteiger partial charge in [0.25, 0.3) is 0 Å². The van der Waals surface area contributed by atoms with Crippen molar-refractivity contribution in [1.82, 2.24) is 0 Å². The van der Waals surface area contributed by atoms with Crippen molar-refractivity contribution in [2.45, 2.75) is 148 Å². The second-order valence-electron chi connectivity index (χ2n) is 15.5. The first kappa shape index (κ1) is 64.4. The lowest BCUT2D eigenvalue weighted by Crippen LogP contribution is -2.25. The highest BCUT2D eigenvalue weighted by Crippen LogP contribution is 2.45. The van der Waals surface area contributed by atoms with Gasteiger partial charge in [0, 0.05) is 12.8 Å². The third kappa shape index (κ3) is 47.5. The molecule has 0 saturated heterocycles. The number of hydrogen-bond acceptors (Lipinski definition) is 13. The average molecular weight is 997 g/mol. The minimum absolute atomic E-state index is 0.140. The molecule has 0 aromatic heterocycles. The van der Waals surface area contributed by atoms with Gasteiger partial charge >= 0.3 is 27.6 Å². The van der Waals surface area contributed by atoms with Crippen LogP contribution in [0.4, 0.5) is 0 Å². The third-order valence-corrected chi connectivity index (χ3v) is 10.9. The van der Waals surface area contributed by atoms with Crippen LogP contribution >= 0.6 is 15.6 Å². The quantitative estimate of drug-likeness (QED) is 0.0126. The molecule has 0 aliphatic carbocycles. The van der Waals surface area contributed by atoms with E-state index in [0.717, 1.165) is 89.9 Å². The largest absolute Gasteiger partial charge is 0.472 e. The van der Waals surface area contributed by atoms with Gasteiger partial charge in [-0.25, -0.2) is 9.13 Å². The summed E-state index contributed by atoms with van der Waals surface area (Å²) in [7, 11) is -9.61. The Morgan fingerprint density at radius 3 is 1.13 bits per heavy atom. The zero-order valence-electron chi connectivity index (χ0n) is 40.5. The van der Waals surface area contributed by atoms with Gasteiger partial charge in [-0.05, 0) is 77.0 Å². The molecule has 0 fully saturated rings. The lowest BCUT2D eigenvalue weighted by molar-refractivity contribution is -0.148. The summed E-state index contributed by atoms with van der Waals surface area (Å²) in [5.41, 5.74) is 0. The number of aliphatic hydroxyl groups excluding tert-OH is 3. The zero-order valence-corrected chi connectivity index (χ0v) is 42.3. The number of carbonyl (C=O) groups excluding carboxylic acids is 2. The Kier molecular flexibility index (Phi) is 43.5. The van der Waals surface area contributed by atoms with Crippen molar-refractivity contribution in [3.63, 3.8) is 0 Å². The van der Waals surface area contributed by atoms with E-state index in [1.54, 1.807) is 0 Å². The molecule has 0 aliphatic heterocycles. The number of hydrogen-bond donors (Lipinski definition) is 5. The van der Waals surface area contributed by atoms with Crippen molar-refractivity contribution in [3.8, 4) is 0 Å². The van der Waals surface area contributed by atoms with Crippen molar-refractivity contribution in [2.75, 3.05) is 39.6 Å². The second kappa shape index (κ2) is 45.9. The molecular weight excluding hydrogens is 914 g/mol. The molecule has 0 amide bonds. The summed E-state index contributed by atoms with van der Waals surface area (Å²) < 4.78 is 52.9. The van der Waals surface area contributed by atoms with Crippen LogP contribution in [0, 0.1) is 0 Å². The summed E-state index contributed by atoms with van der Waals surface area (Å²) in [5, 5.41) is 30.0. The van der Waals surface area contributed by atoms with Crippen molar-refractivity contribution >= 4 is 27.6 Å². The van der Waals surface area contributed by atoms with Gasteiger partial charge in [0.1, 0.15) is 31.5 Å². The molecule has 0 spiro atoms. The van der Waals surface area contributed by atoms with E-state index >= 15 is 0 Å². The van der Waals surface area contributed by atoms with E-state index in [2.05, 4.69) is 98.8 Å². The van der Waals surface area contributed by atoms with Crippen molar-refractivity contribution in [3.05, 3.63) is 122 Å². The Labute approximate surface area is 406 Å². The molecule has 17 heteroatoms. The van der Waals surface area contributed by atoms with Crippen LogP contribution in [0.25, 0.3) is 0 Å². The molecule has 5 atom stereocenters. The number of carbonyl (C=O) groups is 2. The van der Waals surface area contributed by atoms with E-state index in [1.165, 1.54) is 0 Å². The topological polar surface area (TPSA) is 225 Å². The van der Waals surface area contributed by atoms with Gasteiger partial charge in [-0.2, -0.15) is 0 Å². The third-order valence-electron chi connectivity index (χ3n) is 9.04. The summed E-state index contributed by atoms with van der Waals surface area (Å²) in [4.78, 5) is 43.8. The van der Waals surface area contributed by atoms with Crippen LogP contribution in [0.2, 0.25) is 0 Å². The van der Waals surface area contributed by atoms with Gasteiger partial charge in [0.05, 0.1) is 26.4 Å². The van der Waals surface area contributed by atoms with Gasteiger partial charge < -0.3 is 34.6 Å². The summed E-state index contributed by atoms with van der Waals surface area (Å²) in [6, 6.07) is 0. The molecule has 0 aromatic rings. The van der Waals surface area contributed by atoms with Crippen LogP contribution in [0.5, 0.6) is 0 Å². The highest BCUT2D eigenvalue weighted by atomic mass is 31.2. The van der Waals surface area contributed by atoms with Gasteiger partial charge in [-0.15, -0.1) is 0 Å². The fraction of sp³-hybridized carbons (Fsp3) is 0.569. The van der Waals surface area contributed by atoms with Crippen LogP contribution in [0.3, 0.4) is 0 Å². The number of unbranched alkanes of at least 4 members (excludes halogenated alkanes) is 8. The van der Waals surface area contributed by atoms with Crippen LogP contribution in [-0.2, 0) is 46.3 Å². The Bertz CT molecular complexity index is 1680. The van der Waals surface area contributed by atoms with Crippen molar-refractivity contribution in [1.29, 1.82) is 0 Å². The summed E-state index contributed by atoms with van der Waals surface area (Å²) in [6.07, 6.45) is 51.9. The molecule has 5 unspecified atom stereocenters. The molecule has 0 aliphatic rings. The van der Waals surface area contributed by atoms with Crippen LogP contribution < -0.4 is 0 Å². The molecule has 0 saturated carbocycles. The maximum atomic E-state index is 12.2. The molecule has 386 valence electrons. The molecule has 5 N–H and O–H groups in total. The van der Waals surface area contributed by atoms with E-state index in [4.69, 9.17) is 9.47 Å². The Hall–Kier alpha value is -3.56. The summed E-state index contributed by atoms with van der Waals surface area (Å²) in [5.74, 6) is -1.06. The number of allylic oxidation sites excluding steroid dienone is 20. The van der Waals surface area contributed by atoms with E-state index in [1.807, 2.05) is 54.7 Å². The van der Waals surface area contributed by atoms with E-state index in [9.17, 15) is 43.8 Å².